The van der Waals surface area contributed by atoms with E-state index in [9.17, 15) is 55.5 Å². The maximum atomic E-state index is 13.7. The number of nitrogens with zero attached hydrogens (tertiary/aromatic N) is 1. The van der Waals surface area contributed by atoms with Crippen LogP contribution in [-0.4, -0.2) is 78.7 Å². The smallest absolute Gasteiger partial charge is 0.417 e. The highest BCUT2D eigenvalue weighted by Crippen LogP contribution is 2.36. The zero-order valence-electron chi connectivity index (χ0n) is 30.1. The standard InChI is InChI=1S/C35H39ClF3N7O9S/c1-34(2,3)29(32(51)43-21-6-4-20(5-7-21)30(40)49)45-31(50)26(16-19-12-14-41-15-13-19)44-28(48)18-42-27(47)11-10-25(33(52)53)46-56(54,55)22-8-9-24(36)23(17-22)35(37,38)39/h4-9,12-15,17,25-26,29,46H,10-11,16,18H2,1-3H3,(H2,40,49)(H,42,47)(H,43,51)(H,44,48)(H,45,50)(H,52,53)/t25-,26-,29+/m0/s1. The molecule has 3 rings (SSSR count). The molecule has 0 saturated carbocycles. The summed E-state index contributed by atoms with van der Waals surface area (Å²) < 4.78 is 67.0. The zero-order chi connectivity index (χ0) is 42.0. The summed E-state index contributed by atoms with van der Waals surface area (Å²) in [6.45, 7) is 4.38. The summed E-state index contributed by atoms with van der Waals surface area (Å²) in [7, 11) is -4.84. The van der Waals surface area contributed by atoms with Gasteiger partial charge in [0.2, 0.25) is 39.6 Å². The number of nitrogens with two attached hydrogens (primary N) is 1. The summed E-state index contributed by atoms with van der Waals surface area (Å²) in [5, 5.41) is 18.8. The SMILES string of the molecule is CC(C)(C)[C@H](NC(=O)[C@H](Cc1ccncc1)NC(=O)CNC(=O)CC[C@H](NS(=O)(=O)c1ccc(Cl)c(C(F)(F)F)c1)C(=O)O)C(=O)Nc1ccc(C(N)=O)cc1. The normalized spacial score (nSPS) is 13.4. The Morgan fingerprint density at radius 2 is 1.50 bits per heavy atom. The molecule has 0 aliphatic carbocycles. The van der Waals surface area contributed by atoms with E-state index < -0.39 is 110 Å². The van der Waals surface area contributed by atoms with Crippen molar-refractivity contribution in [3.63, 3.8) is 0 Å². The van der Waals surface area contributed by atoms with Crippen LogP contribution >= 0.6 is 11.6 Å². The van der Waals surface area contributed by atoms with Gasteiger partial charge in [-0.15, -0.1) is 0 Å². The molecular weight excluding hydrogens is 787 g/mol. The highest BCUT2D eigenvalue weighted by molar-refractivity contribution is 7.89. The number of rotatable bonds is 17. The number of carbonyl (C=O) groups excluding carboxylic acids is 5. The van der Waals surface area contributed by atoms with E-state index in [1.54, 1.807) is 37.6 Å². The molecule has 5 amide bonds. The number of aromatic nitrogens is 1. The molecule has 0 fully saturated rings. The van der Waals surface area contributed by atoms with E-state index in [1.165, 1.54) is 36.7 Å². The Balaban J connectivity index is 1.66. The molecule has 0 unspecified atom stereocenters. The van der Waals surface area contributed by atoms with Crippen LogP contribution in [0.4, 0.5) is 18.9 Å². The number of benzene rings is 2. The first-order valence-electron chi connectivity index (χ1n) is 16.6. The fourth-order valence-corrected chi connectivity index (χ4v) is 6.45. The lowest BCUT2D eigenvalue weighted by atomic mass is 9.85. The topological polar surface area (TPSA) is 256 Å². The van der Waals surface area contributed by atoms with Crippen LogP contribution in [0.25, 0.3) is 0 Å². The molecule has 0 aliphatic rings. The maximum Gasteiger partial charge on any atom is 0.417 e. The van der Waals surface area contributed by atoms with Gasteiger partial charge in [0.25, 0.3) is 0 Å². The summed E-state index contributed by atoms with van der Waals surface area (Å²) in [6, 6.07) is 6.20. The first-order valence-corrected chi connectivity index (χ1v) is 18.4. The third-order valence-electron chi connectivity index (χ3n) is 7.95. The molecule has 1 heterocycles. The molecule has 56 heavy (non-hydrogen) atoms. The highest BCUT2D eigenvalue weighted by Gasteiger charge is 2.37. The second-order valence-electron chi connectivity index (χ2n) is 13.4. The van der Waals surface area contributed by atoms with E-state index in [1.807, 2.05) is 0 Å². The third-order valence-corrected chi connectivity index (χ3v) is 9.75. The van der Waals surface area contributed by atoms with Gasteiger partial charge in [0.05, 0.1) is 22.0 Å². The molecule has 1 aromatic heterocycles. The lowest BCUT2D eigenvalue weighted by Crippen LogP contribution is -2.57. The summed E-state index contributed by atoms with van der Waals surface area (Å²) in [6.07, 6.45) is -3.46. The number of aliphatic carboxylic acids is 1. The molecule has 3 aromatic rings. The molecule has 3 atom stereocenters. The van der Waals surface area contributed by atoms with Crippen molar-refractivity contribution in [2.45, 2.75) is 69.2 Å². The Bertz CT molecular complexity index is 2050. The van der Waals surface area contributed by atoms with Gasteiger partial charge < -0.3 is 32.1 Å². The number of nitrogens with one attached hydrogen (secondary N) is 5. The number of hydrogen-bond acceptors (Lipinski definition) is 9. The number of carboxylic acids is 1. The summed E-state index contributed by atoms with van der Waals surface area (Å²) in [5.74, 6) is -5.54. The minimum Gasteiger partial charge on any atom is -0.480 e. The number of amides is 5. The Morgan fingerprint density at radius 1 is 0.875 bits per heavy atom. The number of carbonyl (C=O) groups is 6. The fourth-order valence-electron chi connectivity index (χ4n) is 4.98. The summed E-state index contributed by atoms with van der Waals surface area (Å²) in [5.41, 5.74) is 4.06. The van der Waals surface area contributed by atoms with Gasteiger partial charge in [0.1, 0.15) is 18.1 Å². The Kier molecular flexibility index (Phi) is 15.1. The molecule has 0 spiro atoms. The monoisotopic (exact) mass is 825 g/mol. The van der Waals surface area contributed by atoms with Crippen LogP contribution in [0.15, 0.2) is 71.9 Å². The average molecular weight is 826 g/mol. The van der Waals surface area contributed by atoms with Gasteiger partial charge in [0, 0.05) is 36.5 Å². The highest BCUT2D eigenvalue weighted by atomic mass is 35.5. The third kappa shape index (κ3) is 13.3. The number of alkyl halides is 3. The van der Waals surface area contributed by atoms with E-state index in [-0.39, 0.29) is 18.1 Å². The van der Waals surface area contributed by atoms with Crippen LogP contribution in [0, 0.1) is 5.41 Å². The van der Waals surface area contributed by atoms with Crippen molar-refractivity contribution in [1.29, 1.82) is 0 Å². The molecule has 302 valence electrons. The van der Waals surface area contributed by atoms with Crippen molar-refractivity contribution < 1.29 is 55.5 Å². The molecule has 21 heteroatoms. The Hall–Kier alpha value is -5.60. The maximum absolute atomic E-state index is 13.7. The van der Waals surface area contributed by atoms with Gasteiger partial charge in [-0.1, -0.05) is 32.4 Å². The second kappa shape index (κ2) is 18.8. The van der Waals surface area contributed by atoms with Crippen molar-refractivity contribution in [3.05, 3.63) is 88.7 Å². The number of anilines is 1. The van der Waals surface area contributed by atoms with E-state index >= 15 is 0 Å². The van der Waals surface area contributed by atoms with E-state index in [0.717, 1.165) is 6.07 Å². The summed E-state index contributed by atoms with van der Waals surface area (Å²) >= 11 is 5.54. The lowest BCUT2D eigenvalue weighted by Gasteiger charge is -2.32. The Labute approximate surface area is 324 Å². The van der Waals surface area contributed by atoms with Crippen molar-refractivity contribution in [2.75, 3.05) is 11.9 Å². The van der Waals surface area contributed by atoms with Crippen molar-refractivity contribution in [2.24, 2.45) is 11.1 Å². The number of hydrogen-bond donors (Lipinski definition) is 7. The fraction of sp³-hybridized carbons (Fsp3) is 0.343. The quantitative estimate of drug-likeness (QED) is 0.105. The predicted molar refractivity (Wildman–Crippen MR) is 195 cm³/mol. The number of sulfonamides is 1. The number of carboxylic acid groups (broad SMARTS) is 1. The van der Waals surface area contributed by atoms with Gasteiger partial charge >= 0.3 is 12.1 Å². The first-order chi connectivity index (χ1) is 26.0. The minimum atomic E-state index is -5.00. The van der Waals surface area contributed by atoms with Crippen LogP contribution < -0.4 is 31.7 Å². The number of halogens is 4. The van der Waals surface area contributed by atoms with Crippen molar-refractivity contribution in [3.8, 4) is 0 Å². The van der Waals surface area contributed by atoms with E-state index in [2.05, 4.69) is 26.3 Å². The summed E-state index contributed by atoms with van der Waals surface area (Å²) in [4.78, 5) is 78.8. The molecule has 8 N–H and O–H groups in total. The van der Waals surface area contributed by atoms with Crippen LogP contribution in [0.2, 0.25) is 5.02 Å². The van der Waals surface area contributed by atoms with Gasteiger partial charge in [-0.05, 0) is 72.0 Å². The predicted octanol–water partition coefficient (Wildman–Crippen LogP) is 2.38. The molecule has 0 aliphatic heterocycles. The van der Waals surface area contributed by atoms with Crippen LogP contribution in [0.3, 0.4) is 0 Å². The molecule has 2 aromatic carbocycles. The van der Waals surface area contributed by atoms with Gasteiger partial charge in [-0.25, -0.2) is 8.42 Å². The van der Waals surface area contributed by atoms with Crippen molar-refractivity contribution in [1.82, 2.24) is 25.7 Å². The van der Waals surface area contributed by atoms with Crippen molar-refractivity contribution >= 4 is 62.8 Å². The molecule has 0 saturated heterocycles. The zero-order valence-corrected chi connectivity index (χ0v) is 31.6. The largest absolute Gasteiger partial charge is 0.480 e. The van der Waals surface area contributed by atoms with Gasteiger partial charge in [0.15, 0.2) is 0 Å². The van der Waals surface area contributed by atoms with Crippen LogP contribution in [0.1, 0.15) is 55.1 Å². The molecule has 16 nitrogen and oxygen atoms in total. The van der Waals surface area contributed by atoms with Gasteiger partial charge in [-0.3, -0.25) is 33.8 Å². The van der Waals surface area contributed by atoms with E-state index in [4.69, 9.17) is 17.3 Å². The average Bonchev–Trinajstić information content (AvgIpc) is 3.10. The Morgan fingerprint density at radius 3 is 2.05 bits per heavy atom. The molecule has 0 bridgehead atoms. The molecule has 0 radical (unpaired) electrons. The number of pyridine rings is 1. The lowest BCUT2D eigenvalue weighted by molar-refractivity contribution is -0.139. The van der Waals surface area contributed by atoms with Crippen LogP contribution in [-0.2, 0) is 46.6 Å². The second-order valence-corrected chi connectivity index (χ2v) is 15.5. The minimum absolute atomic E-state index is 0.0698. The van der Waals surface area contributed by atoms with E-state index in [0.29, 0.717) is 17.3 Å². The number of primary amides is 1. The van der Waals surface area contributed by atoms with Gasteiger partial charge in [-0.2, -0.15) is 17.9 Å². The van der Waals surface area contributed by atoms with Crippen LogP contribution in [0.5, 0.6) is 0 Å². The first kappa shape index (κ1) is 44.8. The molecular formula is C35H39ClF3N7O9S.